The molecule has 1 aromatic rings. The summed E-state index contributed by atoms with van der Waals surface area (Å²) < 4.78 is 39.0. The number of anilines is 1. The Hall–Kier alpha value is -1.76. The molecule has 0 bridgehead atoms. The number of halogens is 3. The highest BCUT2D eigenvalue weighted by Gasteiger charge is 2.34. The molecule has 1 aromatic carbocycles. The summed E-state index contributed by atoms with van der Waals surface area (Å²) in [5.74, 6) is 0.555. The number of likely N-dealkylation sites (tertiary alicyclic amines) is 1. The smallest absolute Gasteiger partial charge is 0.325 e. The van der Waals surface area contributed by atoms with E-state index in [0.29, 0.717) is 25.0 Å². The Labute approximate surface area is 139 Å². The van der Waals surface area contributed by atoms with E-state index in [9.17, 15) is 18.0 Å². The van der Waals surface area contributed by atoms with Crippen LogP contribution >= 0.6 is 0 Å². The van der Waals surface area contributed by atoms with Gasteiger partial charge in [-0.3, -0.25) is 0 Å². The molecule has 132 valence electrons. The van der Waals surface area contributed by atoms with Crippen molar-refractivity contribution >= 4 is 11.7 Å². The minimum Gasteiger partial charge on any atom is -0.325 e. The molecule has 0 aromatic heterocycles. The Morgan fingerprint density at radius 1 is 1.17 bits per heavy atom. The van der Waals surface area contributed by atoms with E-state index < -0.39 is 17.8 Å². The van der Waals surface area contributed by atoms with E-state index in [-0.39, 0.29) is 5.69 Å². The molecule has 2 aliphatic heterocycles. The fourth-order valence-corrected chi connectivity index (χ4v) is 3.65. The summed E-state index contributed by atoms with van der Waals surface area (Å²) in [4.78, 5) is 13.9. The lowest BCUT2D eigenvalue weighted by Crippen LogP contribution is -2.45. The number of amides is 2. The average Bonchev–Trinajstić information content (AvgIpc) is 3.09. The van der Waals surface area contributed by atoms with Crippen LogP contribution in [0.4, 0.5) is 23.7 Å². The van der Waals surface area contributed by atoms with Crippen molar-refractivity contribution in [3.05, 3.63) is 29.8 Å². The molecule has 0 radical (unpaired) electrons. The van der Waals surface area contributed by atoms with Crippen molar-refractivity contribution in [2.45, 2.75) is 37.9 Å². The number of para-hydroxylation sites is 1. The number of carbonyl (C=O) groups excluding carboxylic acids is 1. The first-order chi connectivity index (χ1) is 11.4. The van der Waals surface area contributed by atoms with E-state index in [1.807, 2.05) is 0 Å². The predicted octanol–water partition coefficient (Wildman–Crippen LogP) is 3.70. The SMILES string of the molecule is O=C(Nc1ccccc1C(F)(F)F)N1CCC(C2CCCN2)CC1. The van der Waals surface area contributed by atoms with Gasteiger partial charge in [-0.05, 0) is 50.3 Å². The Balaban J connectivity index is 1.59. The van der Waals surface area contributed by atoms with Gasteiger partial charge >= 0.3 is 12.2 Å². The van der Waals surface area contributed by atoms with Gasteiger partial charge < -0.3 is 15.5 Å². The lowest BCUT2D eigenvalue weighted by atomic mass is 9.89. The molecule has 3 rings (SSSR count). The highest BCUT2D eigenvalue weighted by Crippen LogP contribution is 2.35. The molecule has 2 amide bonds. The third-order valence-electron chi connectivity index (χ3n) is 4.97. The van der Waals surface area contributed by atoms with Crippen LogP contribution in [0.25, 0.3) is 0 Å². The second kappa shape index (κ2) is 7.01. The Morgan fingerprint density at radius 3 is 2.50 bits per heavy atom. The van der Waals surface area contributed by atoms with Gasteiger partial charge in [-0.2, -0.15) is 13.2 Å². The molecule has 0 spiro atoms. The van der Waals surface area contributed by atoms with Crippen molar-refractivity contribution in [3.8, 4) is 0 Å². The number of alkyl halides is 3. The molecule has 2 fully saturated rings. The number of hydrogen-bond donors (Lipinski definition) is 2. The van der Waals surface area contributed by atoms with Gasteiger partial charge in [0, 0.05) is 19.1 Å². The molecular weight excluding hydrogens is 319 g/mol. The Morgan fingerprint density at radius 2 is 1.88 bits per heavy atom. The molecule has 2 saturated heterocycles. The van der Waals surface area contributed by atoms with E-state index in [1.165, 1.54) is 31.0 Å². The van der Waals surface area contributed by atoms with E-state index >= 15 is 0 Å². The minimum absolute atomic E-state index is 0.186. The maximum absolute atomic E-state index is 13.0. The molecule has 1 atom stereocenters. The summed E-state index contributed by atoms with van der Waals surface area (Å²) in [6.45, 7) is 2.23. The quantitative estimate of drug-likeness (QED) is 0.861. The first kappa shape index (κ1) is 17.1. The zero-order valence-corrected chi connectivity index (χ0v) is 13.4. The number of urea groups is 1. The topological polar surface area (TPSA) is 44.4 Å². The third-order valence-corrected chi connectivity index (χ3v) is 4.97. The number of nitrogens with one attached hydrogen (secondary N) is 2. The fraction of sp³-hybridized carbons (Fsp3) is 0.588. The fourth-order valence-electron chi connectivity index (χ4n) is 3.65. The maximum Gasteiger partial charge on any atom is 0.418 e. The molecule has 1 unspecified atom stereocenters. The van der Waals surface area contributed by atoms with Crippen LogP contribution in [-0.2, 0) is 6.18 Å². The van der Waals surface area contributed by atoms with E-state index in [2.05, 4.69) is 10.6 Å². The molecule has 2 N–H and O–H groups in total. The molecule has 4 nitrogen and oxygen atoms in total. The van der Waals surface area contributed by atoms with Gasteiger partial charge in [0.25, 0.3) is 0 Å². The monoisotopic (exact) mass is 341 g/mol. The second-order valence-electron chi connectivity index (χ2n) is 6.50. The van der Waals surface area contributed by atoms with Crippen molar-refractivity contribution in [3.63, 3.8) is 0 Å². The van der Waals surface area contributed by atoms with Crippen LogP contribution in [0, 0.1) is 5.92 Å². The number of nitrogens with zero attached hydrogens (tertiary/aromatic N) is 1. The molecular formula is C17H22F3N3O. The minimum atomic E-state index is -4.48. The maximum atomic E-state index is 13.0. The van der Waals surface area contributed by atoms with Crippen LogP contribution in [0.1, 0.15) is 31.2 Å². The normalized spacial score (nSPS) is 22.6. The van der Waals surface area contributed by atoms with Crippen molar-refractivity contribution in [2.24, 2.45) is 5.92 Å². The van der Waals surface area contributed by atoms with Gasteiger partial charge in [0.15, 0.2) is 0 Å². The lowest BCUT2D eigenvalue weighted by Gasteiger charge is -2.35. The highest BCUT2D eigenvalue weighted by atomic mass is 19.4. The van der Waals surface area contributed by atoms with Crippen LogP contribution in [0.3, 0.4) is 0 Å². The van der Waals surface area contributed by atoms with Crippen LogP contribution in [0.2, 0.25) is 0 Å². The highest BCUT2D eigenvalue weighted by molar-refractivity contribution is 5.90. The number of rotatable bonds is 2. The lowest BCUT2D eigenvalue weighted by molar-refractivity contribution is -0.136. The van der Waals surface area contributed by atoms with E-state index in [1.54, 1.807) is 4.90 Å². The van der Waals surface area contributed by atoms with Gasteiger partial charge in [-0.25, -0.2) is 4.79 Å². The summed E-state index contributed by atoms with van der Waals surface area (Å²) in [6, 6.07) is 5.15. The number of benzene rings is 1. The van der Waals surface area contributed by atoms with Gasteiger partial charge in [0.1, 0.15) is 0 Å². The average molecular weight is 341 g/mol. The van der Waals surface area contributed by atoms with E-state index in [0.717, 1.165) is 25.5 Å². The number of carbonyl (C=O) groups is 1. The van der Waals surface area contributed by atoms with Crippen LogP contribution in [-0.4, -0.2) is 36.6 Å². The summed E-state index contributed by atoms with van der Waals surface area (Å²) in [5.41, 5.74) is -1.00. The predicted molar refractivity (Wildman–Crippen MR) is 85.8 cm³/mol. The second-order valence-corrected chi connectivity index (χ2v) is 6.50. The summed E-state index contributed by atoms with van der Waals surface area (Å²) in [5, 5.41) is 5.91. The number of piperidine rings is 1. The largest absolute Gasteiger partial charge is 0.418 e. The van der Waals surface area contributed by atoms with Gasteiger partial charge in [0.05, 0.1) is 11.3 Å². The van der Waals surface area contributed by atoms with Crippen molar-refractivity contribution in [2.75, 3.05) is 25.0 Å². The van der Waals surface area contributed by atoms with Crippen LogP contribution < -0.4 is 10.6 Å². The Kier molecular flexibility index (Phi) is 4.99. The molecule has 7 heteroatoms. The number of hydrogen-bond acceptors (Lipinski definition) is 2. The zero-order valence-electron chi connectivity index (χ0n) is 13.4. The molecule has 2 heterocycles. The van der Waals surface area contributed by atoms with Crippen molar-refractivity contribution < 1.29 is 18.0 Å². The first-order valence-electron chi connectivity index (χ1n) is 8.40. The molecule has 24 heavy (non-hydrogen) atoms. The molecule has 0 saturated carbocycles. The summed E-state index contributed by atoms with van der Waals surface area (Å²) >= 11 is 0. The molecule has 0 aliphatic carbocycles. The van der Waals surface area contributed by atoms with Gasteiger partial charge in [0.2, 0.25) is 0 Å². The van der Waals surface area contributed by atoms with E-state index in [4.69, 9.17) is 0 Å². The van der Waals surface area contributed by atoms with Gasteiger partial charge in [-0.15, -0.1) is 0 Å². The first-order valence-corrected chi connectivity index (χ1v) is 8.40. The molecule has 2 aliphatic rings. The Bertz CT molecular complexity index is 577. The van der Waals surface area contributed by atoms with Crippen LogP contribution in [0.5, 0.6) is 0 Å². The van der Waals surface area contributed by atoms with Crippen molar-refractivity contribution in [1.29, 1.82) is 0 Å². The summed E-state index contributed by atoms with van der Waals surface area (Å²) in [7, 11) is 0. The van der Waals surface area contributed by atoms with Crippen LogP contribution in [0.15, 0.2) is 24.3 Å². The van der Waals surface area contributed by atoms with Crippen molar-refractivity contribution in [1.82, 2.24) is 10.2 Å². The zero-order chi connectivity index (χ0) is 17.2. The third kappa shape index (κ3) is 3.83. The summed E-state index contributed by atoms with van der Waals surface area (Å²) in [6.07, 6.45) is -0.321. The standard InChI is InChI=1S/C17H22F3N3O/c18-17(19,20)13-4-1-2-5-15(13)22-16(24)23-10-7-12(8-11-23)14-6-3-9-21-14/h1-2,4-5,12,14,21H,3,6-11H2,(H,22,24). The van der Waals surface area contributed by atoms with Gasteiger partial charge in [-0.1, -0.05) is 12.1 Å².